The highest BCUT2D eigenvalue weighted by Crippen LogP contribution is 2.23. The number of carbonyl (C=O) groups excluding carboxylic acids is 1. The molecule has 1 aliphatic rings. The van der Waals surface area contributed by atoms with Gasteiger partial charge in [0.2, 0.25) is 0 Å². The Balaban J connectivity index is 1.57. The van der Waals surface area contributed by atoms with E-state index in [9.17, 15) is 20.1 Å². The van der Waals surface area contributed by atoms with Gasteiger partial charge >= 0.3 is 5.97 Å². The van der Waals surface area contributed by atoms with Crippen LogP contribution in [0.2, 0.25) is 0 Å². The van der Waals surface area contributed by atoms with E-state index in [1.165, 1.54) is 7.11 Å². The molecule has 3 N–H and O–H groups in total. The molecule has 8 heteroatoms. The van der Waals surface area contributed by atoms with Crippen molar-refractivity contribution in [1.82, 2.24) is 0 Å². The van der Waals surface area contributed by atoms with Crippen LogP contribution in [0.1, 0.15) is 21.5 Å². The Bertz CT molecular complexity index is 838. The number of aliphatic hydroxyl groups excluding tert-OH is 3. The molecule has 0 spiro atoms. The van der Waals surface area contributed by atoms with Crippen LogP contribution in [-0.4, -0.2) is 65.7 Å². The summed E-state index contributed by atoms with van der Waals surface area (Å²) in [4.78, 5) is 12.5. The Morgan fingerprint density at radius 3 is 2.43 bits per heavy atom. The summed E-state index contributed by atoms with van der Waals surface area (Å²) in [6.07, 6.45) is -6.46. The van der Waals surface area contributed by atoms with Gasteiger partial charge in [-0.1, -0.05) is 30.3 Å². The molecule has 0 unspecified atom stereocenters. The van der Waals surface area contributed by atoms with Crippen LogP contribution in [0.5, 0.6) is 5.75 Å². The van der Waals surface area contributed by atoms with Crippen LogP contribution in [0, 0.1) is 6.92 Å². The molecule has 2 aromatic carbocycles. The highest BCUT2D eigenvalue weighted by atomic mass is 16.7. The minimum Gasteiger partial charge on any atom is -0.489 e. The smallest absolute Gasteiger partial charge is 0.338 e. The molecule has 1 heterocycles. The molecule has 3 rings (SSSR count). The van der Waals surface area contributed by atoms with Gasteiger partial charge in [-0.15, -0.1) is 0 Å². The van der Waals surface area contributed by atoms with E-state index in [1.807, 2.05) is 30.3 Å². The lowest BCUT2D eigenvalue weighted by Gasteiger charge is -2.39. The van der Waals surface area contributed by atoms with Gasteiger partial charge in [0.25, 0.3) is 0 Å². The third kappa shape index (κ3) is 5.16. The van der Waals surface area contributed by atoms with Gasteiger partial charge < -0.3 is 34.3 Å². The maximum atomic E-state index is 12.5. The van der Waals surface area contributed by atoms with Crippen LogP contribution in [0.25, 0.3) is 0 Å². The first-order valence-electron chi connectivity index (χ1n) is 9.57. The molecule has 5 atom stereocenters. The summed E-state index contributed by atoms with van der Waals surface area (Å²) in [6, 6.07) is 14.8. The predicted octanol–water partition coefficient (Wildman–Crippen LogP) is 1.18. The van der Waals surface area contributed by atoms with Crippen LogP contribution in [-0.2, 0) is 20.8 Å². The number of carbonyl (C=O) groups is 1. The number of benzene rings is 2. The van der Waals surface area contributed by atoms with E-state index < -0.39 is 36.7 Å². The maximum Gasteiger partial charge on any atom is 0.338 e. The number of rotatable bonds is 7. The Morgan fingerprint density at radius 2 is 1.77 bits per heavy atom. The summed E-state index contributed by atoms with van der Waals surface area (Å²) in [5, 5.41) is 29.7. The minimum absolute atomic E-state index is 0.310. The number of hydrogen-bond donors (Lipinski definition) is 3. The first-order valence-corrected chi connectivity index (χ1v) is 9.57. The Labute approximate surface area is 174 Å². The van der Waals surface area contributed by atoms with Crippen LogP contribution in [0.3, 0.4) is 0 Å². The molecule has 1 fully saturated rings. The summed E-state index contributed by atoms with van der Waals surface area (Å²) < 4.78 is 21.3. The summed E-state index contributed by atoms with van der Waals surface area (Å²) in [7, 11) is 1.30. The maximum absolute atomic E-state index is 12.5. The summed E-state index contributed by atoms with van der Waals surface area (Å²) >= 11 is 0. The van der Waals surface area contributed by atoms with Crippen molar-refractivity contribution in [2.24, 2.45) is 0 Å². The number of aliphatic hydroxyl groups is 3. The fourth-order valence-electron chi connectivity index (χ4n) is 3.18. The Hall–Kier alpha value is -2.49. The number of methoxy groups -OCH3 is 1. The van der Waals surface area contributed by atoms with E-state index in [1.54, 1.807) is 25.1 Å². The summed E-state index contributed by atoms with van der Waals surface area (Å²) in [5.74, 6) is 0.0199. The van der Waals surface area contributed by atoms with Crippen molar-refractivity contribution in [3.63, 3.8) is 0 Å². The lowest BCUT2D eigenvalue weighted by Crippen LogP contribution is -2.59. The lowest BCUT2D eigenvalue weighted by atomic mass is 9.99. The van der Waals surface area contributed by atoms with Crippen molar-refractivity contribution in [2.75, 3.05) is 13.7 Å². The van der Waals surface area contributed by atoms with Crippen molar-refractivity contribution < 1.29 is 39.1 Å². The third-order valence-corrected chi connectivity index (χ3v) is 4.95. The van der Waals surface area contributed by atoms with Crippen LogP contribution < -0.4 is 4.74 Å². The zero-order chi connectivity index (χ0) is 21.7. The van der Waals surface area contributed by atoms with Gasteiger partial charge in [0.05, 0.1) is 5.56 Å². The second-order valence-electron chi connectivity index (χ2n) is 7.10. The van der Waals surface area contributed by atoms with E-state index in [0.717, 1.165) is 5.56 Å². The molecule has 1 aliphatic heterocycles. The van der Waals surface area contributed by atoms with Crippen LogP contribution >= 0.6 is 0 Å². The molecule has 0 bridgehead atoms. The molecule has 8 nitrogen and oxygen atoms in total. The normalized spacial score (nSPS) is 26.2. The molecular weight excluding hydrogens is 392 g/mol. The number of aryl methyl sites for hydroxylation is 1. The molecule has 0 aromatic heterocycles. The van der Waals surface area contributed by atoms with Gasteiger partial charge in [-0.25, -0.2) is 4.79 Å². The molecule has 2 aromatic rings. The van der Waals surface area contributed by atoms with Crippen molar-refractivity contribution in [3.05, 3.63) is 65.2 Å². The van der Waals surface area contributed by atoms with Gasteiger partial charge in [0.15, 0.2) is 6.29 Å². The van der Waals surface area contributed by atoms with E-state index in [0.29, 0.717) is 23.5 Å². The second-order valence-corrected chi connectivity index (χ2v) is 7.10. The monoisotopic (exact) mass is 418 g/mol. The SMILES string of the molecule is CO[C@@H]1O[C@H](COC(=O)c2ccc(OCc3ccccc3)cc2C)[C@@H](O)[C@H](O)[C@H]1O. The van der Waals surface area contributed by atoms with Crippen molar-refractivity contribution in [2.45, 2.75) is 44.2 Å². The molecule has 1 saturated heterocycles. The fraction of sp³-hybridized carbons (Fsp3) is 0.409. The van der Waals surface area contributed by atoms with E-state index >= 15 is 0 Å². The van der Waals surface area contributed by atoms with Gasteiger partial charge in [-0.3, -0.25) is 0 Å². The van der Waals surface area contributed by atoms with Gasteiger partial charge in [0, 0.05) is 7.11 Å². The molecule has 0 aliphatic carbocycles. The first kappa shape index (κ1) is 22.2. The highest BCUT2D eigenvalue weighted by Gasteiger charge is 2.44. The third-order valence-electron chi connectivity index (χ3n) is 4.95. The predicted molar refractivity (Wildman–Crippen MR) is 106 cm³/mol. The number of esters is 1. The number of hydrogen-bond acceptors (Lipinski definition) is 8. The number of ether oxygens (including phenoxy) is 4. The second kappa shape index (κ2) is 10.0. The van der Waals surface area contributed by atoms with Crippen molar-refractivity contribution in [1.29, 1.82) is 0 Å². The van der Waals surface area contributed by atoms with Crippen LogP contribution in [0.15, 0.2) is 48.5 Å². The van der Waals surface area contributed by atoms with E-state index in [-0.39, 0.29) is 6.61 Å². The van der Waals surface area contributed by atoms with Crippen molar-refractivity contribution >= 4 is 5.97 Å². The molecular formula is C22H26O8. The summed E-state index contributed by atoms with van der Waals surface area (Å²) in [5.41, 5.74) is 2.04. The lowest BCUT2D eigenvalue weighted by molar-refractivity contribution is -0.294. The van der Waals surface area contributed by atoms with Gasteiger partial charge in [0.1, 0.15) is 43.4 Å². The average Bonchev–Trinajstić information content (AvgIpc) is 2.76. The minimum atomic E-state index is -1.48. The van der Waals surface area contributed by atoms with Gasteiger partial charge in [-0.05, 0) is 36.2 Å². The topological polar surface area (TPSA) is 115 Å². The van der Waals surface area contributed by atoms with E-state index in [4.69, 9.17) is 18.9 Å². The molecule has 0 amide bonds. The zero-order valence-electron chi connectivity index (χ0n) is 16.8. The average molecular weight is 418 g/mol. The Kier molecular flexibility index (Phi) is 7.41. The van der Waals surface area contributed by atoms with Crippen molar-refractivity contribution in [3.8, 4) is 5.75 Å². The standard InChI is InChI=1S/C22H26O8/c1-13-10-15(28-11-14-6-4-3-5-7-14)8-9-16(13)21(26)29-12-17-18(23)19(24)20(25)22(27-2)30-17/h3-10,17-20,22-25H,11-12H2,1-2H3/t17-,18-,19+,20-,22-/m1/s1. The first-order chi connectivity index (χ1) is 14.4. The molecule has 30 heavy (non-hydrogen) atoms. The largest absolute Gasteiger partial charge is 0.489 e. The van der Waals surface area contributed by atoms with Crippen LogP contribution in [0.4, 0.5) is 0 Å². The van der Waals surface area contributed by atoms with E-state index in [2.05, 4.69) is 0 Å². The highest BCUT2D eigenvalue weighted by molar-refractivity contribution is 5.91. The molecule has 162 valence electrons. The summed E-state index contributed by atoms with van der Waals surface area (Å²) in [6.45, 7) is 1.87. The molecule has 0 radical (unpaired) electrons. The zero-order valence-corrected chi connectivity index (χ0v) is 16.8. The van der Waals surface area contributed by atoms with Gasteiger partial charge in [-0.2, -0.15) is 0 Å². The molecule has 0 saturated carbocycles. The fourth-order valence-corrected chi connectivity index (χ4v) is 3.18. The quantitative estimate of drug-likeness (QED) is 0.575. The Morgan fingerprint density at radius 1 is 1.03 bits per heavy atom.